The van der Waals surface area contributed by atoms with Crippen LogP contribution < -0.4 is 16.0 Å². The van der Waals surface area contributed by atoms with Crippen molar-refractivity contribution in [2.45, 2.75) is 77.9 Å². The van der Waals surface area contributed by atoms with E-state index in [1.807, 2.05) is 51.1 Å². The Morgan fingerprint density at radius 2 is 1.86 bits per heavy atom. The zero-order valence-electron chi connectivity index (χ0n) is 25.9. The van der Waals surface area contributed by atoms with Crippen LogP contribution in [-0.2, 0) is 27.2 Å². The van der Waals surface area contributed by atoms with Crippen LogP contribution in [0.5, 0.6) is 0 Å². The largest absolute Gasteiger partial charge is 0.458 e. The highest BCUT2D eigenvalue weighted by Gasteiger charge is 2.26. The number of hydrogen-bond donors (Lipinski definition) is 3. The molecule has 3 N–H and O–H groups in total. The third-order valence-electron chi connectivity index (χ3n) is 7.11. The predicted molar refractivity (Wildman–Crippen MR) is 170 cm³/mol. The molecule has 1 amide bonds. The number of esters is 1. The first-order valence-electron chi connectivity index (χ1n) is 15.2. The molecule has 0 bridgehead atoms. The van der Waals surface area contributed by atoms with Gasteiger partial charge in [-0.25, -0.2) is 14.8 Å². The first-order chi connectivity index (χ1) is 20.7. The first-order valence-corrected chi connectivity index (χ1v) is 15.2. The van der Waals surface area contributed by atoms with Crippen LogP contribution >= 0.6 is 0 Å². The van der Waals surface area contributed by atoms with Gasteiger partial charge in [0, 0.05) is 31.3 Å². The molecule has 0 aliphatic carbocycles. The molecule has 230 valence electrons. The minimum absolute atomic E-state index is 0.0921. The van der Waals surface area contributed by atoms with E-state index in [0.717, 1.165) is 62.3 Å². The van der Waals surface area contributed by atoms with Gasteiger partial charge in [-0.2, -0.15) is 0 Å². The summed E-state index contributed by atoms with van der Waals surface area (Å²) in [5.41, 5.74) is 3.41. The number of aromatic nitrogens is 3. The van der Waals surface area contributed by atoms with Crippen LogP contribution in [0.15, 0.2) is 54.9 Å². The molecule has 2 aromatic heterocycles. The number of pyridine rings is 1. The number of amides is 1. The molecule has 10 heteroatoms. The van der Waals surface area contributed by atoms with Gasteiger partial charge in [-0.3, -0.25) is 14.7 Å². The summed E-state index contributed by atoms with van der Waals surface area (Å²) < 4.78 is 5.75. The highest BCUT2D eigenvalue weighted by molar-refractivity contribution is 5.79. The van der Waals surface area contributed by atoms with Gasteiger partial charge in [0.1, 0.15) is 23.3 Å². The molecule has 0 saturated carbocycles. The average molecular weight is 588 g/mol. The molecule has 1 atom stereocenters. The number of ether oxygens (including phenoxy) is 1. The second kappa shape index (κ2) is 15.4. The summed E-state index contributed by atoms with van der Waals surface area (Å²) in [4.78, 5) is 41.0. The first kappa shape index (κ1) is 31.9. The summed E-state index contributed by atoms with van der Waals surface area (Å²) in [6.45, 7) is 9.80. The van der Waals surface area contributed by atoms with Crippen molar-refractivity contribution >= 4 is 23.5 Å². The smallest absolute Gasteiger partial charge is 0.329 e. The van der Waals surface area contributed by atoms with E-state index in [4.69, 9.17) is 14.7 Å². The lowest BCUT2D eigenvalue weighted by molar-refractivity contribution is -0.156. The van der Waals surface area contributed by atoms with Crippen molar-refractivity contribution < 1.29 is 14.3 Å². The van der Waals surface area contributed by atoms with Crippen LogP contribution in [0.25, 0.3) is 11.3 Å². The van der Waals surface area contributed by atoms with E-state index in [2.05, 4.69) is 38.0 Å². The maximum absolute atomic E-state index is 13.3. The Balaban J connectivity index is 1.38. The standard InChI is InChI=1S/C33H45N7O3/c1-24(41)36-23-40(19-9-8-14-27-16-15-26-13-10-18-35-31(26)37-27)20-17-28(32(42)43-33(2,3)4)38-30-22-34-21-29(39-30)25-11-6-5-7-12-25/h5-7,11-12,15-16,21-22,28H,8-10,13-14,17-20,23H2,1-4H3,(H,35,37)(H,36,41)(H,38,39). The van der Waals surface area contributed by atoms with E-state index in [-0.39, 0.29) is 11.9 Å². The molecule has 3 aromatic rings. The minimum Gasteiger partial charge on any atom is -0.458 e. The number of fused-ring (bicyclic) bond motifs is 1. The van der Waals surface area contributed by atoms with E-state index >= 15 is 0 Å². The number of unbranched alkanes of at least 4 members (excludes halogenated alkanes) is 1. The number of aryl methyl sites for hydroxylation is 2. The fourth-order valence-electron chi connectivity index (χ4n) is 4.94. The molecule has 0 saturated heterocycles. The van der Waals surface area contributed by atoms with Crippen LogP contribution in [0, 0.1) is 0 Å². The van der Waals surface area contributed by atoms with E-state index < -0.39 is 11.6 Å². The normalized spacial score (nSPS) is 13.5. The molecule has 4 rings (SSSR count). The van der Waals surface area contributed by atoms with E-state index in [9.17, 15) is 9.59 Å². The summed E-state index contributed by atoms with van der Waals surface area (Å²) in [5, 5.41) is 9.59. The molecule has 43 heavy (non-hydrogen) atoms. The lowest BCUT2D eigenvalue weighted by Gasteiger charge is -2.28. The van der Waals surface area contributed by atoms with Crippen molar-refractivity contribution in [1.29, 1.82) is 0 Å². The van der Waals surface area contributed by atoms with Crippen molar-refractivity contribution in [3.63, 3.8) is 0 Å². The van der Waals surface area contributed by atoms with E-state index in [1.54, 1.807) is 12.4 Å². The minimum atomic E-state index is -0.647. The van der Waals surface area contributed by atoms with Gasteiger partial charge in [-0.1, -0.05) is 36.4 Å². The fourth-order valence-corrected chi connectivity index (χ4v) is 4.94. The molecular formula is C33H45N7O3. The summed E-state index contributed by atoms with van der Waals surface area (Å²) in [6, 6.07) is 13.5. The van der Waals surface area contributed by atoms with Crippen LogP contribution in [0.1, 0.15) is 64.6 Å². The zero-order valence-corrected chi connectivity index (χ0v) is 25.9. The van der Waals surface area contributed by atoms with Crippen molar-refractivity contribution in [3.05, 3.63) is 66.1 Å². The zero-order chi connectivity index (χ0) is 30.7. The second-order valence-electron chi connectivity index (χ2n) is 12.0. The lowest BCUT2D eigenvalue weighted by Crippen LogP contribution is -2.42. The number of carbonyl (C=O) groups is 2. The molecule has 1 aromatic carbocycles. The van der Waals surface area contributed by atoms with Gasteiger partial charge < -0.3 is 20.7 Å². The van der Waals surface area contributed by atoms with Gasteiger partial charge in [0.15, 0.2) is 0 Å². The summed E-state index contributed by atoms with van der Waals surface area (Å²) in [6.07, 6.45) is 8.80. The number of carbonyl (C=O) groups excluding carboxylic acids is 2. The summed E-state index contributed by atoms with van der Waals surface area (Å²) in [5.74, 6) is 1.07. The molecule has 1 aliphatic rings. The van der Waals surface area contributed by atoms with Gasteiger partial charge in [-0.15, -0.1) is 0 Å². The van der Waals surface area contributed by atoms with Gasteiger partial charge in [0.05, 0.1) is 24.8 Å². The summed E-state index contributed by atoms with van der Waals surface area (Å²) >= 11 is 0. The van der Waals surface area contributed by atoms with Crippen LogP contribution in [0.3, 0.4) is 0 Å². The maximum Gasteiger partial charge on any atom is 0.329 e. The van der Waals surface area contributed by atoms with Crippen LogP contribution in [-0.4, -0.2) is 69.7 Å². The molecule has 0 radical (unpaired) electrons. The van der Waals surface area contributed by atoms with Gasteiger partial charge >= 0.3 is 5.97 Å². The maximum atomic E-state index is 13.3. The Morgan fingerprint density at radius 3 is 2.63 bits per heavy atom. The number of anilines is 2. The Bertz CT molecular complexity index is 1340. The summed E-state index contributed by atoms with van der Waals surface area (Å²) in [7, 11) is 0. The van der Waals surface area contributed by atoms with Crippen molar-refractivity contribution in [1.82, 2.24) is 25.2 Å². The second-order valence-corrected chi connectivity index (χ2v) is 12.0. The Kier molecular flexibility index (Phi) is 11.4. The van der Waals surface area contributed by atoms with Crippen LogP contribution in [0.4, 0.5) is 11.6 Å². The number of rotatable bonds is 14. The Morgan fingerprint density at radius 1 is 1.05 bits per heavy atom. The van der Waals surface area contributed by atoms with Crippen molar-refractivity contribution in [2.24, 2.45) is 0 Å². The number of hydrogen-bond acceptors (Lipinski definition) is 9. The molecule has 0 fully saturated rings. The predicted octanol–water partition coefficient (Wildman–Crippen LogP) is 4.83. The highest BCUT2D eigenvalue weighted by atomic mass is 16.6. The quantitative estimate of drug-likeness (QED) is 0.138. The van der Waals surface area contributed by atoms with Gasteiger partial charge in [0.25, 0.3) is 0 Å². The Hall–Kier alpha value is -4.05. The Labute approximate surface area is 255 Å². The van der Waals surface area contributed by atoms with E-state index in [1.165, 1.54) is 12.5 Å². The van der Waals surface area contributed by atoms with Crippen molar-refractivity contribution in [3.8, 4) is 11.3 Å². The monoisotopic (exact) mass is 587 g/mol. The highest BCUT2D eigenvalue weighted by Crippen LogP contribution is 2.21. The number of nitrogens with zero attached hydrogens (tertiary/aromatic N) is 4. The average Bonchev–Trinajstić information content (AvgIpc) is 2.99. The number of nitrogens with one attached hydrogen (secondary N) is 3. The molecule has 10 nitrogen and oxygen atoms in total. The van der Waals surface area contributed by atoms with Crippen molar-refractivity contribution in [2.75, 3.05) is 36.9 Å². The topological polar surface area (TPSA) is 121 Å². The SMILES string of the molecule is CC(=O)NCN(CCCCc1ccc2c(n1)NCCC2)CCC(Nc1cncc(-c2ccccc2)n1)C(=O)OC(C)(C)C. The molecule has 3 heterocycles. The fraction of sp³-hybridized carbons (Fsp3) is 0.485. The third kappa shape index (κ3) is 10.6. The van der Waals surface area contributed by atoms with E-state index in [0.29, 0.717) is 31.1 Å². The molecule has 1 aliphatic heterocycles. The molecule has 0 spiro atoms. The third-order valence-corrected chi connectivity index (χ3v) is 7.11. The van der Waals surface area contributed by atoms with Crippen LogP contribution in [0.2, 0.25) is 0 Å². The molecular weight excluding hydrogens is 542 g/mol. The van der Waals surface area contributed by atoms with Gasteiger partial charge in [-0.05, 0) is 77.5 Å². The van der Waals surface area contributed by atoms with Gasteiger partial charge in [0.2, 0.25) is 5.91 Å². The lowest BCUT2D eigenvalue weighted by atomic mass is 10.1. The molecule has 1 unspecified atom stereocenters. The number of benzene rings is 1.